The first kappa shape index (κ1) is 20.7. The van der Waals surface area contributed by atoms with Gasteiger partial charge in [0.2, 0.25) is 5.95 Å². The Hall–Kier alpha value is -2.91. The molecule has 0 aliphatic carbocycles. The minimum Gasteiger partial charge on any atom is -0.345 e. The van der Waals surface area contributed by atoms with Gasteiger partial charge < -0.3 is 15.6 Å². The molecule has 4 atom stereocenters. The monoisotopic (exact) mass is 469 g/mol. The van der Waals surface area contributed by atoms with E-state index in [4.69, 9.17) is 22.3 Å². The summed E-state index contributed by atoms with van der Waals surface area (Å²) in [6.07, 6.45) is 4.66. The van der Waals surface area contributed by atoms with Crippen molar-refractivity contribution in [3.63, 3.8) is 0 Å². The van der Waals surface area contributed by atoms with Gasteiger partial charge in [0.15, 0.2) is 0 Å². The predicted octanol–water partition coefficient (Wildman–Crippen LogP) is 3.36. The summed E-state index contributed by atoms with van der Waals surface area (Å²) in [5, 5.41) is 6.35. The molecular weight excluding hydrogens is 445 g/mol. The molecule has 0 spiro atoms. The van der Waals surface area contributed by atoms with Gasteiger partial charge in [0.1, 0.15) is 11.8 Å². The molecule has 3 N–H and O–H groups in total. The molecule has 2 aliphatic rings. The molecule has 0 saturated carbocycles. The van der Waals surface area contributed by atoms with E-state index in [0.717, 1.165) is 29.4 Å². The maximum absolute atomic E-state index is 14.9. The number of halogens is 2. The molecule has 3 aromatic heterocycles. The van der Waals surface area contributed by atoms with Crippen LogP contribution >= 0.6 is 11.6 Å². The number of fused-ring (bicyclic) bond motifs is 4. The van der Waals surface area contributed by atoms with Crippen LogP contribution in [0.3, 0.4) is 0 Å². The molecule has 2 bridgehead atoms. The normalized spacial score (nSPS) is 24.9. The minimum absolute atomic E-state index is 0.0916. The van der Waals surface area contributed by atoms with Crippen molar-refractivity contribution in [2.24, 2.45) is 12.8 Å². The summed E-state index contributed by atoms with van der Waals surface area (Å²) in [7, 11) is 1.69. The highest BCUT2D eigenvalue weighted by Gasteiger charge is 2.48. The third-order valence-electron chi connectivity index (χ3n) is 7.27. The SMILES string of the molecule is CCn1cc2c(Cl)c(-c3c[nH]c4nc(N5[C@H]6CC[C@@H]5[C@@H](F)[C@@H](N)C6)n(C)c(=O)c34)ccc2n1. The topological polar surface area (TPSA) is 97.8 Å². The van der Waals surface area contributed by atoms with Crippen LogP contribution in [0.2, 0.25) is 5.02 Å². The number of H-pyrrole nitrogens is 1. The lowest BCUT2D eigenvalue weighted by atomic mass is 9.96. The number of aromatic nitrogens is 5. The quantitative estimate of drug-likeness (QED) is 0.479. The average Bonchev–Trinajstić information content (AvgIpc) is 3.50. The number of benzene rings is 1. The van der Waals surface area contributed by atoms with E-state index in [1.165, 1.54) is 4.57 Å². The van der Waals surface area contributed by atoms with Gasteiger partial charge in [0.05, 0.1) is 22.0 Å². The Balaban J connectivity index is 1.50. The number of hydrogen-bond acceptors (Lipinski definition) is 5. The van der Waals surface area contributed by atoms with E-state index in [1.807, 2.05) is 34.8 Å². The molecule has 0 amide bonds. The number of nitrogens with two attached hydrogens (primary N) is 1. The number of anilines is 1. The molecule has 4 aromatic rings. The fraction of sp³-hybridized carbons (Fsp3) is 0.435. The number of alkyl halides is 1. The van der Waals surface area contributed by atoms with Crippen molar-refractivity contribution in [1.82, 2.24) is 24.3 Å². The van der Waals surface area contributed by atoms with E-state index in [9.17, 15) is 9.18 Å². The summed E-state index contributed by atoms with van der Waals surface area (Å²) >= 11 is 6.77. The van der Waals surface area contributed by atoms with E-state index in [-0.39, 0.29) is 17.6 Å². The number of hydrogen-bond donors (Lipinski definition) is 2. The first-order chi connectivity index (χ1) is 15.9. The first-order valence-corrected chi connectivity index (χ1v) is 11.7. The molecule has 2 aliphatic heterocycles. The van der Waals surface area contributed by atoms with Gasteiger partial charge in [-0.05, 0) is 32.3 Å². The Labute approximate surface area is 194 Å². The van der Waals surface area contributed by atoms with Crippen LogP contribution in [0.5, 0.6) is 0 Å². The molecule has 10 heteroatoms. The van der Waals surface area contributed by atoms with Crippen LogP contribution in [0.1, 0.15) is 26.2 Å². The lowest BCUT2D eigenvalue weighted by molar-refractivity contribution is 0.202. The molecule has 6 rings (SSSR count). The second-order valence-electron chi connectivity index (χ2n) is 9.10. The highest BCUT2D eigenvalue weighted by atomic mass is 35.5. The van der Waals surface area contributed by atoms with Gasteiger partial charge in [-0.25, -0.2) is 4.39 Å². The summed E-state index contributed by atoms with van der Waals surface area (Å²) < 4.78 is 18.2. The zero-order valence-corrected chi connectivity index (χ0v) is 19.2. The number of piperidine rings is 1. The minimum atomic E-state index is -1.13. The molecular formula is C23H25ClFN7O. The van der Waals surface area contributed by atoms with Crippen LogP contribution < -0.4 is 16.2 Å². The number of nitrogens with one attached hydrogen (secondary N) is 1. The van der Waals surface area contributed by atoms with Crippen LogP contribution in [-0.2, 0) is 13.6 Å². The van der Waals surface area contributed by atoms with Gasteiger partial charge >= 0.3 is 0 Å². The molecule has 33 heavy (non-hydrogen) atoms. The third-order valence-corrected chi connectivity index (χ3v) is 7.68. The number of nitrogens with zero attached hydrogens (tertiary/aromatic N) is 5. The predicted molar refractivity (Wildman–Crippen MR) is 128 cm³/mol. The summed E-state index contributed by atoms with van der Waals surface area (Å²) in [5.74, 6) is 0.480. The van der Waals surface area contributed by atoms with Crippen molar-refractivity contribution >= 4 is 39.5 Å². The molecule has 2 fully saturated rings. The highest BCUT2D eigenvalue weighted by molar-refractivity contribution is 6.38. The Kier molecular flexibility index (Phi) is 4.57. The average molecular weight is 470 g/mol. The standard InChI is InChI=1S/C23H25ClFN7O/c1-3-31-10-14-16(29-31)6-5-12(19(14)24)13-9-27-21-18(13)22(33)30(2)23(28-21)32-11-4-7-17(32)20(25)15(26)8-11/h5-6,9-11,15,17,20,27H,3-4,7-8,26H2,1-2H3/t11-,15-,17+,20-/m0/s1. The van der Waals surface area contributed by atoms with Gasteiger partial charge in [-0.2, -0.15) is 10.1 Å². The van der Waals surface area contributed by atoms with Crippen LogP contribution in [0, 0.1) is 0 Å². The lowest BCUT2D eigenvalue weighted by Gasteiger charge is -2.41. The van der Waals surface area contributed by atoms with Gasteiger partial charge in [-0.15, -0.1) is 0 Å². The van der Waals surface area contributed by atoms with Gasteiger partial charge in [0, 0.05) is 54.6 Å². The maximum Gasteiger partial charge on any atom is 0.264 e. The molecule has 2 saturated heterocycles. The molecule has 0 radical (unpaired) electrons. The van der Waals surface area contributed by atoms with Crippen LogP contribution in [0.15, 0.2) is 29.3 Å². The van der Waals surface area contributed by atoms with Crippen molar-refractivity contribution in [3.8, 4) is 11.1 Å². The lowest BCUT2D eigenvalue weighted by Crippen LogP contribution is -2.56. The summed E-state index contributed by atoms with van der Waals surface area (Å²) in [4.78, 5) is 23.4. The van der Waals surface area contributed by atoms with E-state index in [1.54, 1.807) is 13.2 Å². The summed E-state index contributed by atoms with van der Waals surface area (Å²) in [6, 6.07) is 3.06. The van der Waals surface area contributed by atoms with Gasteiger partial charge in [0.25, 0.3) is 5.56 Å². The van der Waals surface area contributed by atoms with Gasteiger partial charge in [-0.1, -0.05) is 17.7 Å². The van der Waals surface area contributed by atoms with Crippen LogP contribution in [0.25, 0.3) is 33.1 Å². The summed E-state index contributed by atoms with van der Waals surface area (Å²) in [5.41, 5.74) is 8.52. The fourth-order valence-electron chi connectivity index (χ4n) is 5.57. The van der Waals surface area contributed by atoms with Crippen LogP contribution in [-0.4, -0.2) is 48.6 Å². The van der Waals surface area contributed by atoms with Crippen molar-refractivity contribution in [2.45, 2.75) is 57.0 Å². The van der Waals surface area contributed by atoms with Crippen molar-refractivity contribution in [1.29, 1.82) is 0 Å². The fourth-order valence-corrected chi connectivity index (χ4v) is 5.88. The Morgan fingerprint density at radius 2 is 2.12 bits per heavy atom. The van der Waals surface area contributed by atoms with Gasteiger partial charge in [-0.3, -0.25) is 14.0 Å². The largest absolute Gasteiger partial charge is 0.345 e. The number of aromatic amines is 1. The molecule has 1 aromatic carbocycles. The first-order valence-electron chi connectivity index (χ1n) is 11.3. The van der Waals surface area contributed by atoms with Crippen molar-refractivity contribution in [2.75, 3.05) is 4.90 Å². The van der Waals surface area contributed by atoms with E-state index < -0.39 is 12.2 Å². The van der Waals surface area contributed by atoms with Crippen molar-refractivity contribution in [3.05, 3.63) is 39.9 Å². The molecule has 0 unspecified atom stereocenters. The second kappa shape index (κ2) is 7.30. The number of rotatable bonds is 3. The third kappa shape index (κ3) is 2.88. The zero-order chi connectivity index (χ0) is 23.0. The Morgan fingerprint density at radius 1 is 1.30 bits per heavy atom. The highest BCUT2D eigenvalue weighted by Crippen LogP contribution is 2.40. The molecule has 8 nitrogen and oxygen atoms in total. The molecule has 5 heterocycles. The van der Waals surface area contributed by atoms with E-state index >= 15 is 0 Å². The Bertz CT molecular complexity index is 1460. The van der Waals surface area contributed by atoms with E-state index in [0.29, 0.717) is 40.4 Å². The second-order valence-corrected chi connectivity index (χ2v) is 9.47. The maximum atomic E-state index is 14.9. The smallest absolute Gasteiger partial charge is 0.264 e. The summed E-state index contributed by atoms with van der Waals surface area (Å²) in [6.45, 7) is 2.75. The number of aryl methyl sites for hydroxylation is 1. The van der Waals surface area contributed by atoms with Crippen molar-refractivity contribution < 1.29 is 4.39 Å². The zero-order valence-electron chi connectivity index (χ0n) is 18.4. The Morgan fingerprint density at radius 3 is 2.91 bits per heavy atom. The van der Waals surface area contributed by atoms with E-state index in [2.05, 4.69) is 10.1 Å². The molecule has 172 valence electrons. The van der Waals surface area contributed by atoms with Crippen LogP contribution in [0.4, 0.5) is 10.3 Å².